The van der Waals surface area contributed by atoms with Crippen LogP contribution in [0.3, 0.4) is 0 Å². The van der Waals surface area contributed by atoms with Crippen molar-refractivity contribution < 1.29 is 27.5 Å². The summed E-state index contributed by atoms with van der Waals surface area (Å²) in [6.07, 6.45) is 3.30. The van der Waals surface area contributed by atoms with Gasteiger partial charge in [0, 0.05) is 18.9 Å². The van der Waals surface area contributed by atoms with Crippen molar-refractivity contribution >= 4 is 27.8 Å². The molecule has 35 heavy (non-hydrogen) atoms. The Balaban J connectivity index is 1.44. The number of benzene rings is 1. The van der Waals surface area contributed by atoms with Crippen molar-refractivity contribution in [3.8, 4) is 0 Å². The maximum atomic E-state index is 13.4. The smallest absolute Gasteiger partial charge is 0.408 e. The van der Waals surface area contributed by atoms with E-state index in [2.05, 4.69) is 10.3 Å². The van der Waals surface area contributed by atoms with Crippen molar-refractivity contribution in [2.45, 2.75) is 55.8 Å². The third kappa shape index (κ3) is 5.20. The number of ether oxygens (including phenoxy) is 1. The number of rotatable bonds is 8. The molecule has 2 amide bonds. The van der Waals surface area contributed by atoms with E-state index in [4.69, 9.17) is 4.74 Å². The number of carbonyl (C=O) groups excluding carboxylic acids is 3. The fraction of sp³-hybridized carbons (Fsp3) is 0.417. The number of alkyl carbamates (subject to hydrolysis) is 1. The number of ketones is 1. The molecule has 1 aromatic heterocycles. The molecule has 186 valence electrons. The number of nitrogens with one attached hydrogen (secondary N) is 1. The van der Waals surface area contributed by atoms with Crippen molar-refractivity contribution in [2.75, 3.05) is 13.1 Å². The highest BCUT2D eigenvalue weighted by molar-refractivity contribution is 7.89. The summed E-state index contributed by atoms with van der Waals surface area (Å²) in [5.41, 5.74) is 0.815. The largest absolute Gasteiger partial charge is 0.445 e. The lowest BCUT2D eigenvalue weighted by molar-refractivity contribution is -0.138. The third-order valence-electron chi connectivity index (χ3n) is 6.28. The van der Waals surface area contributed by atoms with Gasteiger partial charge in [-0.1, -0.05) is 43.7 Å². The van der Waals surface area contributed by atoms with Gasteiger partial charge >= 0.3 is 6.09 Å². The highest BCUT2D eigenvalue weighted by atomic mass is 32.2. The van der Waals surface area contributed by atoms with E-state index in [9.17, 15) is 22.8 Å². The van der Waals surface area contributed by atoms with Crippen LogP contribution in [-0.2, 0) is 31.0 Å². The van der Waals surface area contributed by atoms with Gasteiger partial charge < -0.3 is 15.0 Å². The molecule has 4 rings (SSSR count). The average molecular weight is 501 g/mol. The number of hydrogen-bond acceptors (Lipinski definition) is 7. The Hall–Kier alpha value is -3.31. The second-order valence-corrected chi connectivity index (χ2v) is 10.5. The van der Waals surface area contributed by atoms with E-state index in [1.54, 1.807) is 0 Å². The second-order valence-electron chi connectivity index (χ2n) is 8.59. The zero-order chi connectivity index (χ0) is 25.0. The molecular formula is C24H28N4O6S. The quantitative estimate of drug-likeness (QED) is 0.585. The number of likely N-dealkylation sites (tertiary alicyclic amines) is 1. The molecule has 0 bridgehead atoms. The summed E-state index contributed by atoms with van der Waals surface area (Å²) in [4.78, 5) is 43.9. The number of aromatic nitrogens is 1. The molecule has 0 aliphatic carbocycles. The summed E-state index contributed by atoms with van der Waals surface area (Å²) in [6.45, 7) is 1.86. The van der Waals surface area contributed by atoms with E-state index in [0.29, 0.717) is 19.3 Å². The topological polar surface area (TPSA) is 126 Å². The number of sulfonamides is 1. The molecule has 0 saturated carbocycles. The van der Waals surface area contributed by atoms with Crippen LogP contribution in [0.2, 0.25) is 0 Å². The van der Waals surface area contributed by atoms with Crippen LogP contribution in [0.25, 0.3) is 0 Å². The fourth-order valence-electron chi connectivity index (χ4n) is 4.63. The Morgan fingerprint density at radius 2 is 1.97 bits per heavy atom. The lowest BCUT2D eigenvalue weighted by atomic mass is 10.1. The number of hydrogen-bond donors (Lipinski definition) is 1. The predicted molar refractivity (Wildman–Crippen MR) is 126 cm³/mol. The maximum Gasteiger partial charge on any atom is 0.408 e. The number of pyridine rings is 1. The zero-order valence-electron chi connectivity index (χ0n) is 19.4. The lowest BCUT2D eigenvalue weighted by Gasteiger charge is -2.28. The first-order valence-electron chi connectivity index (χ1n) is 11.5. The molecule has 0 spiro atoms. The SMILES string of the molecule is CCCC(NC(=O)OCc1ccccc1)C(=O)N1CCC2C1C(=O)CN2S(=O)(=O)c1cccnc1. The Morgan fingerprint density at radius 1 is 1.20 bits per heavy atom. The summed E-state index contributed by atoms with van der Waals surface area (Å²) < 4.78 is 32.7. The van der Waals surface area contributed by atoms with Crippen LogP contribution in [0.1, 0.15) is 31.7 Å². The van der Waals surface area contributed by atoms with E-state index in [-0.39, 0.29) is 30.4 Å². The molecule has 11 heteroatoms. The standard InChI is InChI=1S/C24H28N4O6S/c1-2-7-19(26-24(31)34-16-17-8-4-3-5-9-17)23(30)27-13-11-20-22(27)21(29)15-28(20)35(32,33)18-10-6-12-25-14-18/h3-6,8-10,12,14,19-20,22H,2,7,11,13,15-16H2,1H3,(H,26,31). The van der Waals surface area contributed by atoms with Gasteiger partial charge in [0.1, 0.15) is 23.6 Å². The van der Waals surface area contributed by atoms with Crippen LogP contribution in [0.4, 0.5) is 4.79 Å². The third-order valence-corrected chi connectivity index (χ3v) is 8.14. The molecule has 3 unspecified atom stereocenters. The number of carbonyl (C=O) groups is 3. The van der Waals surface area contributed by atoms with E-state index in [0.717, 1.165) is 5.56 Å². The van der Waals surface area contributed by atoms with Gasteiger partial charge in [0.2, 0.25) is 15.9 Å². The van der Waals surface area contributed by atoms with E-state index in [1.165, 1.54) is 33.7 Å². The van der Waals surface area contributed by atoms with Crippen molar-refractivity contribution in [1.29, 1.82) is 0 Å². The van der Waals surface area contributed by atoms with Crippen LogP contribution >= 0.6 is 0 Å². The Bertz CT molecular complexity index is 1180. The number of fused-ring (bicyclic) bond motifs is 1. The van der Waals surface area contributed by atoms with E-state index in [1.807, 2.05) is 37.3 Å². The molecule has 2 fully saturated rings. The van der Waals surface area contributed by atoms with Crippen LogP contribution < -0.4 is 5.32 Å². The summed E-state index contributed by atoms with van der Waals surface area (Å²) in [5.74, 6) is -0.750. The minimum Gasteiger partial charge on any atom is -0.445 e. The Kier molecular flexibility index (Phi) is 7.46. The van der Waals surface area contributed by atoms with Crippen LogP contribution in [-0.4, -0.2) is 71.6 Å². The van der Waals surface area contributed by atoms with Crippen molar-refractivity contribution in [2.24, 2.45) is 0 Å². The molecular weight excluding hydrogens is 472 g/mol. The van der Waals surface area contributed by atoms with Crippen molar-refractivity contribution in [3.63, 3.8) is 0 Å². The first-order chi connectivity index (χ1) is 16.8. The molecule has 1 N–H and O–H groups in total. The van der Waals surface area contributed by atoms with Crippen molar-refractivity contribution in [3.05, 3.63) is 60.4 Å². The van der Waals surface area contributed by atoms with E-state index >= 15 is 0 Å². The lowest BCUT2D eigenvalue weighted by Crippen LogP contribution is -2.52. The Labute approximate surface area is 204 Å². The first-order valence-corrected chi connectivity index (χ1v) is 13.0. The van der Waals surface area contributed by atoms with Crippen LogP contribution in [0.15, 0.2) is 59.8 Å². The molecule has 2 aliphatic rings. The molecule has 2 saturated heterocycles. The maximum absolute atomic E-state index is 13.4. The summed E-state index contributed by atoms with van der Waals surface area (Å²) in [7, 11) is -3.94. The van der Waals surface area contributed by atoms with Gasteiger partial charge in [0.05, 0.1) is 12.6 Å². The summed E-state index contributed by atoms with van der Waals surface area (Å²) in [6, 6.07) is 9.71. The number of amides is 2. The number of nitrogens with zero attached hydrogens (tertiary/aromatic N) is 3. The zero-order valence-corrected chi connectivity index (χ0v) is 20.2. The predicted octanol–water partition coefficient (Wildman–Crippen LogP) is 1.72. The van der Waals surface area contributed by atoms with Gasteiger partial charge in [-0.05, 0) is 30.5 Å². The average Bonchev–Trinajstić information content (AvgIpc) is 3.45. The summed E-state index contributed by atoms with van der Waals surface area (Å²) in [5, 5.41) is 2.62. The molecule has 1 aromatic carbocycles. The highest BCUT2D eigenvalue weighted by Crippen LogP contribution is 2.34. The van der Waals surface area contributed by atoms with Gasteiger partial charge in [-0.25, -0.2) is 13.2 Å². The van der Waals surface area contributed by atoms with Gasteiger partial charge in [0.15, 0.2) is 5.78 Å². The normalized spacial score (nSPS) is 20.9. The van der Waals surface area contributed by atoms with Crippen molar-refractivity contribution in [1.82, 2.24) is 19.5 Å². The van der Waals surface area contributed by atoms with Gasteiger partial charge in [-0.2, -0.15) is 4.31 Å². The minimum absolute atomic E-state index is 0.00455. The first kappa shape index (κ1) is 24.8. The molecule has 3 atom stereocenters. The molecule has 2 aliphatic heterocycles. The van der Waals surface area contributed by atoms with Crippen LogP contribution in [0.5, 0.6) is 0 Å². The number of Topliss-reactive ketones (excluding diaryl/α,β-unsaturated/α-hetero) is 1. The van der Waals surface area contributed by atoms with Gasteiger partial charge in [-0.3, -0.25) is 14.6 Å². The fourth-order valence-corrected chi connectivity index (χ4v) is 6.22. The second kappa shape index (κ2) is 10.5. The molecule has 10 nitrogen and oxygen atoms in total. The molecule has 3 heterocycles. The monoisotopic (exact) mass is 500 g/mol. The van der Waals surface area contributed by atoms with E-state index < -0.39 is 40.1 Å². The van der Waals surface area contributed by atoms with Crippen LogP contribution in [0, 0.1) is 0 Å². The molecule has 2 aromatic rings. The summed E-state index contributed by atoms with van der Waals surface area (Å²) >= 11 is 0. The minimum atomic E-state index is -3.94. The molecule has 0 radical (unpaired) electrons. The van der Waals surface area contributed by atoms with Gasteiger partial charge in [0.25, 0.3) is 0 Å². The van der Waals surface area contributed by atoms with Gasteiger partial charge in [-0.15, -0.1) is 0 Å². The Morgan fingerprint density at radius 3 is 2.66 bits per heavy atom. The highest BCUT2D eigenvalue weighted by Gasteiger charge is 2.54.